The Morgan fingerprint density at radius 3 is 2.80 bits per heavy atom. The van der Waals surface area contributed by atoms with Crippen molar-refractivity contribution in [2.24, 2.45) is 7.05 Å². The zero-order valence-corrected chi connectivity index (χ0v) is 11.6. The van der Waals surface area contributed by atoms with Gasteiger partial charge in [0.05, 0.1) is 0 Å². The lowest BCUT2D eigenvalue weighted by Gasteiger charge is -2.17. The summed E-state index contributed by atoms with van der Waals surface area (Å²) in [5, 5.41) is 0. The molecule has 2 heterocycles. The number of hydrogen-bond acceptors (Lipinski definition) is 2. The molecule has 102 valence electrons. The van der Waals surface area contributed by atoms with Crippen LogP contribution in [0.2, 0.25) is 0 Å². The number of nitrogens with zero attached hydrogens (tertiary/aromatic N) is 2. The molecule has 0 unspecified atom stereocenters. The van der Waals surface area contributed by atoms with Gasteiger partial charge in [0.15, 0.2) is 0 Å². The largest absolute Gasteiger partial charge is 0.319 e. The highest BCUT2D eigenvalue weighted by atomic mass is 16.2. The summed E-state index contributed by atoms with van der Waals surface area (Å²) in [7, 11) is 1.67. The second-order valence-electron chi connectivity index (χ2n) is 5.14. The standard InChI is InChI=1S/C16H16N2O2/c1-11-4-3-5-14-13(11)7-9-18(14)16(20)12-6-8-17(2)15(19)10-12/h3-6,8,10H,7,9H2,1-2H3. The molecule has 0 atom stereocenters. The smallest absolute Gasteiger partial charge is 0.258 e. The summed E-state index contributed by atoms with van der Waals surface area (Å²) < 4.78 is 1.46. The first-order valence-electron chi connectivity index (χ1n) is 6.65. The average Bonchev–Trinajstić information content (AvgIpc) is 2.86. The van der Waals surface area contributed by atoms with Crippen LogP contribution < -0.4 is 10.5 Å². The van der Waals surface area contributed by atoms with Gasteiger partial charge in [0.25, 0.3) is 11.5 Å². The van der Waals surface area contributed by atoms with Gasteiger partial charge < -0.3 is 9.47 Å². The number of aromatic nitrogens is 1. The molecule has 1 amide bonds. The van der Waals surface area contributed by atoms with E-state index in [2.05, 4.69) is 13.0 Å². The van der Waals surface area contributed by atoms with Crippen LogP contribution >= 0.6 is 0 Å². The van der Waals surface area contributed by atoms with Gasteiger partial charge in [0.1, 0.15) is 0 Å². The highest BCUT2D eigenvalue weighted by molar-refractivity contribution is 6.07. The van der Waals surface area contributed by atoms with Gasteiger partial charge in [-0.05, 0) is 36.6 Å². The first-order chi connectivity index (χ1) is 9.58. The van der Waals surface area contributed by atoms with E-state index in [0.29, 0.717) is 12.1 Å². The first kappa shape index (κ1) is 12.7. The van der Waals surface area contributed by atoms with Crippen LogP contribution in [0.1, 0.15) is 21.5 Å². The molecule has 1 aliphatic heterocycles. The summed E-state index contributed by atoms with van der Waals surface area (Å²) in [6.45, 7) is 2.74. The van der Waals surface area contributed by atoms with E-state index in [0.717, 1.165) is 12.1 Å². The number of carbonyl (C=O) groups is 1. The van der Waals surface area contributed by atoms with Crippen LogP contribution in [0.5, 0.6) is 0 Å². The molecular weight excluding hydrogens is 252 g/mol. The highest BCUT2D eigenvalue weighted by Gasteiger charge is 2.26. The van der Waals surface area contributed by atoms with Crippen molar-refractivity contribution in [3.05, 3.63) is 63.6 Å². The van der Waals surface area contributed by atoms with Gasteiger partial charge in [-0.2, -0.15) is 0 Å². The molecule has 4 nitrogen and oxygen atoms in total. The third kappa shape index (κ3) is 1.93. The van der Waals surface area contributed by atoms with E-state index in [4.69, 9.17) is 0 Å². The van der Waals surface area contributed by atoms with Crippen molar-refractivity contribution < 1.29 is 4.79 Å². The fraction of sp³-hybridized carbons (Fsp3) is 0.250. The van der Waals surface area contributed by atoms with Crippen molar-refractivity contribution in [3.63, 3.8) is 0 Å². The van der Waals surface area contributed by atoms with Gasteiger partial charge in [-0.1, -0.05) is 12.1 Å². The van der Waals surface area contributed by atoms with Crippen molar-refractivity contribution in [2.75, 3.05) is 11.4 Å². The Morgan fingerprint density at radius 1 is 1.25 bits per heavy atom. The lowest BCUT2D eigenvalue weighted by Crippen LogP contribution is -2.30. The number of rotatable bonds is 1. The molecule has 0 saturated carbocycles. The lowest BCUT2D eigenvalue weighted by atomic mass is 10.1. The minimum atomic E-state index is -0.167. The molecule has 1 aliphatic rings. The molecule has 0 N–H and O–H groups in total. The Hall–Kier alpha value is -2.36. The van der Waals surface area contributed by atoms with Gasteiger partial charge in [-0.15, -0.1) is 0 Å². The van der Waals surface area contributed by atoms with E-state index in [-0.39, 0.29) is 11.5 Å². The monoisotopic (exact) mass is 268 g/mol. The molecule has 1 aromatic carbocycles. The molecular formula is C16H16N2O2. The molecule has 3 rings (SSSR count). The predicted molar refractivity (Wildman–Crippen MR) is 78.2 cm³/mol. The van der Waals surface area contributed by atoms with Crippen molar-refractivity contribution in [1.29, 1.82) is 0 Å². The quantitative estimate of drug-likeness (QED) is 0.792. The Balaban J connectivity index is 2.00. The van der Waals surface area contributed by atoms with Gasteiger partial charge in [0.2, 0.25) is 0 Å². The Morgan fingerprint density at radius 2 is 2.05 bits per heavy atom. The third-order valence-electron chi connectivity index (χ3n) is 3.86. The van der Waals surface area contributed by atoms with E-state index in [1.807, 2.05) is 12.1 Å². The maximum absolute atomic E-state index is 12.6. The molecule has 2 aromatic rings. The van der Waals surface area contributed by atoms with Crippen molar-refractivity contribution >= 4 is 11.6 Å². The van der Waals surface area contributed by atoms with E-state index >= 15 is 0 Å². The average molecular weight is 268 g/mol. The molecule has 4 heteroatoms. The van der Waals surface area contributed by atoms with Gasteiger partial charge in [-0.3, -0.25) is 9.59 Å². The fourth-order valence-corrected chi connectivity index (χ4v) is 2.66. The van der Waals surface area contributed by atoms with Gasteiger partial charge in [-0.25, -0.2) is 0 Å². The normalized spacial score (nSPS) is 13.4. The molecule has 0 spiro atoms. The number of amides is 1. The second-order valence-corrected chi connectivity index (χ2v) is 5.14. The third-order valence-corrected chi connectivity index (χ3v) is 3.86. The van der Waals surface area contributed by atoms with E-state index in [1.54, 1.807) is 24.2 Å². The highest BCUT2D eigenvalue weighted by Crippen LogP contribution is 2.31. The predicted octanol–water partition coefficient (Wildman–Crippen LogP) is 1.90. The number of fused-ring (bicyclic) bond motifs is 1. The lowest BCUT2D eigenvalue weighted by molar-refractivity contribution is 0.0989. The molecule has 0 fully saturated rings. The number of carbonyl (C=O) groups excluding carboxylic acids is 1. The van der Waals surface area contributed by atoms with Crippen LogP contribution in [0.25, 0.3) is 0 Å². The van der Waals surface area contributed by atoms with Crippen LogP contribution in [0.3, 0.4) is 0 Å². The van der Waals surface area contributed by atoms with Crippen LogP contribution in [0.15, 0.2) is 41.3 Å². The fourth-order valence-electron chi connectivity index (χ4n) is 2.66. The number of pyridine rings is 1. The molecule has 0 aliphatic carbocycles. The summed E-state index contributed by atoms with van der Waals surface area (Å²) in [4.78, 5) is 26.0. The Bertz CT molecular complexity index is 746. The molecule has 0 bridgehead atoms. The molecule has 1 aromatic heterocycles. The minimum Gasteiger partial charge on any atom is -0.319 e. The second kappa shape index (κ2) is 4.63. The van der Waals surface area contributed by atoms with Crippen LogP contribution in [-0.2, 0) is 13.5 Å². The molecule has 0 radical (unpaired) electrons. The number of anilines is 1. The van der Waals surface area contributed by atoms with Gasteiger partial charge >= 0.3 is 0 Å². The number of aryl methyl sites for hydroxylation is 2. The van der Waals surface area contributed by atoms with E-state index in [9.17, 15) is 9.59 Å². The zero-order valence-electron chi connectivity index (χ0n) is 11.6. The Kier molecular flexibility index (Phi) is 2.93. The number of hydrogen-bond donors (Lipinski definition) is 0. The summed E-state index contributed by atoms with van der Waals surface area (Å²) >= 11 is 0. The van der Waals surface area contributed by atoms with Crippen LogP contribution in [-0.4, -0.2) is 17.0 Å². The number of benzene rings is 1. The summed E-state index contributed by atoms with van der Waals surface area (Å²) in [6, 6.07) is 9.08. The molecule has 0 saturated heterocycles. The van der Waals surface area contributed by atoms with Gasteiger partial charge in [0, 0.05) is 37.1 Å². The maximum Gasteiger partial charge on any atom is 0.258 e. The maximum atomic E-state index is 12.6. The van der Waals surface area contributed by atoms with E-state index in [1.165, 1.54) is 21.8 Å². The zero-order chi connectivity index (χ0) is 14.3. The van der Waals surface area contributed by atoms with Crippen LogP contribution in [0, 0.1) is 6.92 Å². The van der Waals surface area contributed by atoms with Crippen molar-refractivity contribution in [1.82, 2.24) is 4.57 Å². The SMILES string of the molecule is Cc1cccc2c1CCN2C(=O)c1ccn(C)c(=O)c1. The summed E-state index contributed by atoms with van der Waals surface area (Å²) in [5.41, 5.74) is 3.68. The summed E-state index contributed by atoms with van der Waals surface area (Å²) in [5.74, 6) is -0.105. The topological polar surface area (TPSA) is 42.3 Å². The molecule has 20 heavy (non-hydrogen) atoms. The van der Waals surface area contributed by atoms with E-state index < -0.39 is 0 Å². The Labute approximate surface area is 117 Å². The van der Waals surface area contributed by atoms with Crippen molar-refractivity contribution in [3.8, 4) is 0 Å². The summed E-state index contributed by atoms with van der Waals surface area (Å²) in [6.07, 6.45) is 2.50. The minimum absolute atomic E-state index is 0.105. The van der Waals surface area contributed by atoms with Crippen molar-refractivity contribution in [2.45, 2.75) is 13.3 Å². The van der Waals surface area contributed by atoms with Crippen LogP contribution in [0.4, 0.5) is 5.69 Å². The first-order valence-corrected chi connectivity index (χ1v) is 6.65.